The number of phosphoric acid groups is 2. The zero-order chi connectivity index (χ0) is 67.7. The van der Waals surface area contributed by atoms with Crippen molar-refractivity contribution >= 4 is 45.4 Å². The molecule has 0 rings (SSSR count). The van der Waals surface area contributed by atoms with Gasteiger partial charge in [-0.2, -0.15) is 0 Å². The number of ether oxygens (including phenoxy) is 4. The number of hydrogen-bond acceptors (Lipinski definition) is 16. The number of phosphoric ester groups is 2. The van der Waals surface area contributed by atoms with Crippen LogP contribution in [-0.4, -0.2) is 109 Å². The van der Waals surface area contributed by atoms with Crippen molar-refractivity contribution in [2.75, 3.05) is 46.2 Å². The number of esters is 4. The van der Waals surface area contributed by atoms with Crippen molar-refractivity contribution in [2.45, 2.75) is 380 Å². The summed E-state index contributed by atoms with van der Waals surface area (Å²) in [5.74, 6) is -2.19. The molecule has 5 atom stereocenters. The number of hydrogen-bond donors (Lipinski definition) is 4. The largest absolute Gasteiger partial charge is 1.00 e. The van der Waals surface area contributed by atoms with Gasteiger partial charge >= 0.3 is 98.6 Å². The Bertz CT molecular complexity index is 1840. The second kappa shape index (κ2) is 72.3. The summed E-state index contributed by atoms with van der Waals surface area (Å²) in [6.07, 6.45) is 49.8. The fraction of sp³-hybridized carbons (Fsp3) is 0.930. The quantitative estimate of drug-likeness (QED) is 0.0145. The van der Waals surface area contributed by atoms with E-state index in [4.69, 9.17) is 37.0 Å². The van der Waals surface area contributed by atoms with E-state index in [0.29, 0.717) is 32.2 Å². The Morgan fingerprint density at radius 1 is 0.319 bits per heavy atom. The molecule has 0 saturated heterocycles. The molecular formula is C71H137NNa2O18P2+2. The van der Waals surface area contributed by atoms with Crippen molar-refractivity contribution in [1.29, 1.82) is 0 Å². The van der Waals surface area contributed by atoms with Crippen LogP contribution >= 0.6 is 15.6 Å². The van der Waals surface area contributed by atoms with Crippen LogP contribution in [0.1, 0.15) is 362 Å². The van der Waals surface area contributed by atoms with Gasteiger partial charge in [0.2, 0.25) is 5.91 Å². The fourth-order valence-corrected chi connectivity index (χ4v) is 12.4. The van der Waals surface area contributed by atoms with Gasteiger partial charge in [-0.25, -0.2) is 9.13 Å². The first-order valence-electron chi connectivity index (χ1n) is 37.4. The summed E-state index contributed by atoms with van der Waals surface area (Å²) in [6.45, 7) is 4.87. The summed E-state index contributed by atoms with van der Waals surface area (Å²) in [5.41, 5.74) is 0. The molecule has 0 bridgehead atoms. The average Bonchev–Trinajstić information content (AvgIpc) is 1.29. The van der Waals surface area contributed by atoms with Crippen LogP contribution in [0.3, 0.4) is 0 Å². The topological polar surface area (TPSA) is 266 Å². The monoisotopic (exact) mass is 1400 g/mol. The van der Waals surface area contributed by atoms with Crippen LogP contribution in [0, 0.1) is 0 Å². The third-order valence-electron chi connectivity index (χ3n) is 16.5. The first-order valence-corrected chi connectivity index (χ1v) is 40.4. The van der Waals surface area contributed by atoms with Gasteiger partial charge in [0, 0.05) is 39.2 Å². The van der Waals surface area contributed by atoms with Crippen molar-refractivity contribution in [1.82, 2.24) is 5.32 Å². The van der Waals surface area contributed by atoms with E-state index in [9.17, 15) is 48.0 Å². The van der Waals surface area contributed by atoms with Gasteiger partial charge in [0.15, 0.2) is 12.2 Å². The van der Waals surface area contributed by atoms with Gasteiger partial charge < -0.3 is 39.2 Å². The maximum Gasteiger partial charge on any atom is 1.00 e. The Morgan fingerprint density at radius 2 is 0.532 bits per heavy atom. The molecule has 0 aromatic rings. The SMILES string of the molecule is CCCCCCCCCCCCCCCC(=O)OC[C@H](COP(=O)(O)OC[C@@H](O)COP(=O)(O)OC[C@@H](COC(=O)CCCCCCCCCCCNC(C)=O)OC(=O)CCCCCCCCCCCCCCC)OC(=O)CCCCCCCCCCCCCCC.[Na+].[Na+]. The molecule has 0 aliphatic heterocycles. The normalized spacial score (nSPS) is 13.6. The second-order valence-electron chi connectivity index (χ2n) is 25.8. The molecule has 0 heterocycles. The molecule has 0 radical (unpaired) electrons. The zero-order valence-electron chi connectivity index (χ0n) is 60.8. The molecule has 544 valence electrons. The Labute approximate surface area is 616 Å². The minimum Gasteiger partial charge on any atom is -0.462 e. The van der Waals surface area contributed by atoms with Crippen molar-refractivity contribution < 1.29 is 144 Å². The van der Waals surface area contributed by atoms with E-state index in [2.05, 4.69) is 26.1 Å². The van der Waals surface area contributed by atoms with Gasteiger partial charge in [-0.15, -0.1) is 0 Å². The predicted molar refractivity (Wildman–Crippen MR) is 367 cm³/mol. The van der Waals surface area contributed by atoms with Crippen LogP contribution in [0.25, 0.3) is 0 Å². The maximum absolute atomic E-state index is 13.0. The number of carbonyl (C=O) groups excluding carboxylic acids is 5. The van der Waals surface area contributed by atoms with Gasteiger partial charge in [0.05, 0.1) is 26.4 Å². The number of nitrogens with one attached hydrogen (secondary N) is 1. The summed E-state index contributed by atoms with van der Waals surface area (Å²) >= 11 is 0. The molecule has 0 spiro atoms. The van der Waals surface area contributed by atoms with Crippen LogP contribution < -0.4 is 64.4 Å². The van der Waals surface area contributed by atoms with Crippen LogP contribution in [0.15, 0.2) is 0 Å². The smallest absolute Gasteiger partial charge is 0.462 e. The number of aliphatic hydroxyl groups is 1. The van der Waals surface area contributed by atoms with E-state index >= 15 is 0 Å². The molecule has 4 N–H and O–H groups in total. The van der Waals surface area contributed by atoms with E-state index in [0.717, 1.165) is 122 Å². The molecule has 0 aromatic heterocycles. The first kappa shape index (κ1) is 97.7. The number of aliphatic hydroxyl groups excluding tert-OH is 1. The van der Waals surface area contributed by atoms with Crippen LogP contribution in [0.5, 0.6) is 0 Å². The number of unbranched alkanes of at least 4 members (excludes halogenated alkanes) is 44. The molecule has 0 saturated carbocycles. The molecule has 23 heteroatoms. The predicted octanol–water partition coefficient (Wildman–Crippen LogP) is 13.0. The molecule has 0 aliphatic rings. The molecule has 0 fully saturated rings. The Kier molecular flexibility index (Phi) is 75.2. The molecule has 94 heavy (non-hydrogen) atoms. The fourth-order valence-electron chi connectivity index (χ4n) is 10.8. The van der Waals surface area contributed by atoms with E-state index in [-0.39, 0.29) is 90.7 Å². The Balaban J connectivity index is -0.0000414. The minimum absolute atomic E-state index is 0. The molecule has 19 nitrogen and oxygen atoms in total. The third kappa shape index (κ3) is 72.8. The van der Waals surface area contributed by atoms with Crippen molar-refractivity contribution in [3.05, 3.63) is 0 Å². The van der Waals surface area contributed by atoms with Gasteiger partial charge in [0.25, 0.3) is 0 Å². The molecule has 0 aromatic carbocycles. The van der Waals surface area contributed by atoms with Crippen molar-refractivity contribution in [3.63, 3.8) is 0 Å². The zero-order valence-corrected chi connectivity index (χ0v) is 66.6. The molecule has 0 aliphatic carbocycles. The van der Waals surface area contributed by atoms with Crippen molar-refractivity contribution in [3.8, 4) is 0 Å². The maximum atomic E-state index is 13.0. The molecule has 1 amide bonds. The minimum atomic E-state index is -4.97. The van der Waals surface area contributed by atoms with E-state index in [1.807, 2.05) is 0 Å². The first-order chi connectivity index (χ1) is 44.5. The van der Waals surface area contributed by atoms with Crippen LogP contribution in [0.2, 0.25) is 0 Å². The summed E-state index contributed by atoms with van der Waals surface area (Å²) < 4.78 is 68.3. The van der Waals surface area contributed by atoms with Crippen LogP contribution in [0.4, 0.5) is 0 Å². The van der Waals surface area contributed by atoms with E-state index < -0.39 is 97.5 Å². The van der Waals surface area contributed by atoms with E-state index in [1.54, 1.807) is 0 Å². The van der Waals surface area contributed by atoms with Gasteiger partial charge in [-0.1, -0.05) is 297 Å². The van der Waals surface area contributed by atoms with Gasteiger partial charge in [-0.05, 0) is 32.1 Å². The molecule has 2 unspecified atom stereocenters. The summed E-state index contributed by atoms with van der Waals surface area (Å²) in [6, 6.07) is 0. The number of amides is 1. The summed E-state index contributed by atoms with van der Waals surface area (Å²) in [4.78, 5) is 83.7. The number of carbonyl (C=O) groups is 5. The van der Waals surface area contributed by atoms with E-state index in [1.165, 1.54) is 167 Å². The summed E-state index contributed by atoms with van der Waals surface area (Å²) in [5, 5.41) is 13.4. The average molecular weight is 1400 g/mol. The van der Waals surface area contributed by atoms with Crippen LogP contribution in [-0.2, 0) is 70.1 Å². The summed E-state index contributed by atoms with van der Waals surface area (Å²) in [7, 11) is -9.93. The Morgan fingerprint density at radius 3 is 0.777 bits per heavy atom. The standard InChI is InChI=1S/C71H137NO18P2.2Na/c1-5-8-11-14-17-20-23-26-29-33-38-43-48-53-68(75)83-60-66(89-70(77)55-50-45-40-34-30-27-24-21-18-15-12-9-6-2)62-87-91(79,80)85-58-65(74)59-86-92(81,82)88-63-67(90-71(78)56-51-46-41-35-31-28-25-22-19-16-13-10-7-3)61-84-69(76)54-49-44-39-36-32-37-42-47-52-57-72-64(4)73;;/h65-67,74H,5-63H2,1-4H3,(H,72,73)(H,79,80)(H,81,82);;/q;2*+1/t65-,66-,67-;;/m1../s1. The van der Waals surface area contributed by atoms with Gasteiger partial charge in [-0.3, -0.25) is 42.1 Å². The second-order valence-corrected chi connectivity index (χ2v) is 28.7. The van der Waals surface area contributed by atoms with Gasteiger partial charge in [0.1, 0.15) is 19.3 Å². The molecular weight excluding hydrogens is 1260 g/mol. The van der Waals surface area contributed by atoms with Crippen molar-refractivity contribution in [2.24, 2.45) is 0 Å². The third-order valence-corrected chi connectivity index (χ3v) is 18.5. The number of rotatable bonds is 72. The Hall–Kier alpha value is -0.470.